The molecular weight excluding hydrogens is 246 g/mol. The van der Waals surface area contributed by atoms with Gasteiger partial charge in [-0.15, -0.1) is 0 Å². The number of nitrogens with zero attached hydrogens (tertiary/aromatic N) is 2. The van der Waals surface area contributed by atoms with Crippen LogP contribution in [0.4, 0.5) is 0 Å². The fourth-order valence-corrected chi connectivity index (χ4v) is 2.57. The molecule has 1 aromatic rings. The number of hydrogen-bond acceptors (Lipinski definition) is 3. The molecule has 0 amide bonds. The lowest BCUT2D eigenvalue weighted by Crippen LogP contribution is -2.24. The van der Waals surface area contributed by atoms with E-state index in [9.17, 15) is 0 Å². The summed E-state index contributed by atoms with van der Waals surface area (Å²) in [5, 5.41) is 12.3. The number of unbranched alkanes of at least 4 members (excludes halogenated alkanes) is 3. The van der Waals surface area contributed by atoms with E-state index in [2.05, 4.69) is 42.4 Å². The molecular formula is C17H31N3. The second-order valence-electron chi connectivity index (χ2n) is 5.60. The Balaban J connectivity index is 2.77. The largest absolute Gasteiger partial charge is 0.310 e. The molecule has 1 aromatic heterocycles. The third-order valence-electron chi connectivity index (χ3n) is 3.72. The highest BCUT2D eigenvalue weighted by molar-refractivity contribution is 5.24. The number of aryl methyl sites for hydroxylation is 2. The summed E-state index contributed by atoms with van der Waals surface area (Å²) in [6.45, 7) is 9.75. The van der Waals surface area contributed by atoms with Gasteiger partial charge in [0.15, 0.2) is 0 Å². The summed E-state index contributed by atoms with van der Waals surface area (Å²) in [4.78, 5) is 0. The molecule has 1 unspecified atom stereocenters. The van der Waals surface area contributed by atoms with Gasteiger partial charge in [0.1, 0.15) is 0 Å². The second kappa shape index (κ2) is 9.87. The molecule has 20 heavy (non-hydrogen) atoms. The predicted molar refractivity (Wildman–Crippen MR) is 85.9 cm³/mol. The normalized spacial score (nSPS) is 12.6. The van der Waals surface area contributed by atoms with Gasteiger partial charge in [-0.05, 0) is 44.4 Å². The lowest BCUT2D eigenvalue weighted by molar-refractivity contribution is 0.465. The van der Waals surface area contributed by atoms with Crippen molar-refractivity contribution >= 4 is 0 Å². The van der Waals surface area contributed by atoms with Crippen LogP contribution < -0.4 is 5.32 Å². The van der Waals surface area contributed by atoms with E-state index >= 15 is 0 Å². The van der Waals surface area contributed by atoms with Gasteiger partial charge in [0.2, 0.25) is 0 Å². The summed E-state index contributed by atoms with van der Waals surface area (Å²) < 4.78 is 0. The molecule has 0 aliphatic carbocycles. The molecule has 0 aliphatic rings. The fourth-order valence-electron chi connectivity index (χ4n) is 2.57. The molecule has 1 rings (SSSR count). The first-order valence-corrected chi connectivity index (χ1v) is 8.29. The molecule has 0 aromatic carbocycles. The Morgan fingerprint density at radius 2 is 1.85 bits per heavy atom. The van der Waals surface area contributed by atoms with Crippen molar-refractivity contribution in [3.05, 3.63) is 23.0 Å². The van der Waals surface area contributed by atoms with Crippen LogP contribution in [-0.4, -0.2) is 16.7 Å². The number of hydrogen-bond donors (Lipinski definition) is 1. The van der Waals surface area contributed by atoms with Gasteiger partial charge in [-0.3, -0.25) is 0 Å². The summed E-state index contributed by atoms with van der Waals surface area (Å²) >= 11 is 0. The quantitative estimate of drug-likeness (QED) is 0.646. The Bertz CT molecular complexity index is 376. The minimum atomic E-state index is 0.441. The SMILES string of the molecule is CCCCCCC(NCCC)c1cc(C)nnc1CC. The van der Waals surface area contributed by atoms with Crippen molar-refractivity contribution in [1.29, 1.82) is 0 Å². The highest BCUT2D eigenvalue weighted by Crippen LogP contribution is 2.23. The minimum absolute atomic E-state index is 0.441. The van der Waals surface area contributed by atoms with Crippen LogP contribution in [0.3, 0.4) is 0 Å². The van der Waals surface area contributed by atoms with Crippen LogP contribution >= 0.6 is 0 Å². The highest BCUT2D eigenvalue weighted by Gasteiger charge is 2.15. The van der Waals surface area contributed by atoms with Crippen molar-refractivity contribution in [3.8, 4) is 0 Å². The number of rotatable bonds is 10. The Morgan fingerprint density at radius 3 is 2.50 bits per heavy atom. The van der Waals surface area contributed by atoms with Gasteiger partial charge in [0.25, 0.3) is 0 Å². The van der Waals surface area contributed by atoms with Gasteiger partial charge in [0.05, 0.1) is 11.4 Å². The van der Waals surface area contributed by atoms with Crippen molar-refractivity contribution in [2.24, 2.45) is 0 Å². The van der Waals surface area contributed by atoms with Gasteiger partial charge in [0, 0.05) is 6.04 Å². The maximum atomic E-state index is 4.38. The van der Waals surface area contributed by atoms with E-state index in [1.165, 1.54) is 44.1 Å². The van der Waals surface area contributed by atoms with Crippen LogP contribution in [-0.2, 0) is 6.42 Å². The summed E-state index contributed by atoms with van der Waals surface area (Å²) in [5.74, 6) is 0. The molecule has 1 heterocycles. The second-order valence-corrected chi connectivity index (χ2v) is 5.60. The first-order valence-electron chi connectivity index (χ1n) is 8.29. The molecule has 1 atom stereocenters. The van der Waals surface area contributed by atoms with E-state index in [4.69, 9.17) is 0 Å². The average Bonchev–Trinajstić information content (AvgIpc) is 2.46. The van der Waals surface area contributed by atoms with Crippen LogP contribution in [0.15, 0.2) is 6.07 Å². The summed E-state index contributed by atoms with van der Waals surface area (Å²) in [6, 6.07) is 2.66. The lowest BCUT2D eigenvalue weighted by Gasteiger charge is -2.21. The van der Waals surface area contributed by atoms with Gasteiger partial charge < -0.3 is 5.32 Å². The van der Waals surface area contributed by atoms with Crippen LogP contribution in [0, 0.1) is 6.92 Å². The zero-order chi connectivity index (χ0) is 14.8. The molecule has 0 fully saturated rings. The zero-order valence-corrected chi connectivity index (χ0v) is 13.7. The Kier molecular flexibility index (Phi) is 8.43. The molecule has 0 saturated heterocycles. The van der Waals surface area contributed by atoms with Crippen molar-refractivity contribution in [3.63, 3.8) is 0 Å². The number of nitrogens with one attached hydrogen (secondary N) is 1. The van der Waals surface area contributed by atoms with E-state index in [0.717, 1.165) is 24.4 Å². The summed E-state index contributed by atoms with van der Waals surface area (Å²) in [6.07, 6.45) is 8.60. The van der Waals surface area contributed by atoms with Crippen LogP contribution in [0.1, 0.15) is 82.3 Å². The van der Waals surface area contributed by atoms with E-state index in [-0.39, 0.29) is 0 Å². The van der Waals surface area contributed by atoms with Crippen LogP contribution in [0.5, 0.6) is 0 Å². The first-order chi connectivity index (χ1) is 9.72. The van der Waals surface area contributed by atoms with Crippen molar-refractivity contribution < 1.29 is 0 Å². The third kappa shape index (κ3) is 5.58. The van der Waals surface area contributed by atoms with E-state index in [1.54, 1.807) is 0 Å². The van der Waals surface area contributed by atoms with Crippen molar-refractivity contribution in [1.82, 2.24) is 15.5 Å². The summed E-state index contributed by atoms with van der Waals surface area (Å²) in [5.41, 5.74) is 3.54. The topological polar surface area (TPSA) is 37.8 Å². The van der Waals surface area contributed by atoms with Crippen LogP contribution in [0.25, 0.3) is 0 Å². The van der Waals surface area contributed by atoms with E-state index in [0.29, 0.717) is 6.04 Å². The molecule has 114 valence electrons. The van der Waals surface area contributed by atoms with Gasteiger partial charge >= 0.3 is 0 Å². The Hall–Kier alpha value is -0.960. The van der Waals surface area contributed by atoms with Gasteiger partial charge in [-0.25, -0.2) is 0 Å². The molecule has 3 nitrogen and oxygen atoms in total. The molecule has 0 bridgehead atoms. The monoisotopic (exact) mass is 277 g/mol. The molecule has 0 saturated carbocycles. The molecule has 3 heteroatoms. The van der Waals surface area contributed by atoms with E-state index < -0.39 is 0 Å². The molecule has 0 spiro atoms. The van der Waals surface area contributed by atoms with E-state index in [1.807, 2.05) is 6.92 Å². The third-order valence-corrected chi connectivity index (χ3v) is 3.72. The molecule has 1 N–H and O–H groups in total. The number of aromatic nitrogens is 2. The zero-order valence-electron chi connectivity index (χ0n) is 13.7. The standard InChI is InChI=1S/C17H31N3/c1-5-8-9-10-11-17(18-12-6-2)15-13-14(4)19-20-16(15)7-3/h13,17-18H,5-12H2,1-4H3. The fraction of sp³-hybridized carbons (Fsp3) is 0.765. The molecule has 0 radical (unpaired) electrons. The highest BCUT2D eigenvalue weighted by atomic mass is 15.1. The van der Waals surface area contributed by atoms with Crippen molar-refractivity contribution in [2.45, 2.75) is 78.7 Å². The lowest BCUT2D eigenvalue weighted by atomic mass is 9.97. The van der Waals surface area contributed by atoms with Gasteiger partial charge in [-0.2, -0.15) is 10.2 Å². The first kappa shape index (κ1) is 17.1. The average molecular weight is 277 g/mol. The van der Waals surface area contributed by atoms with Crippen LogP contribution in [0.2, 0.25) is 0 Å². The minimum Gasteiger partial charge on any atom is -0.310 e. The van der Waals surface area contributed by atoms with Gasteiger partial charge in [-0.1, -0.05) is 46.5 Å². The Morgan fingerprint density at radius 1 is 1.05 bits per heavy atom. The smallest absolute Gasteiger partial charge is 0.0676 e. The maximum absolute atomic E-state index is 4.38. The maximum Gasteiger partial charge on any atom is 0.0676 e. The predicted octanol–water partition coefficient (Wildman–Crippen LogP) is 4.36. The van der Waals surface area contributed by atoms with Crippen molar-refractivity contribution in [2.75, 3.05) is 6.54 Å². The molecule has 0 aliphatic heterocycles. The Labute approximate surface area is 124 Å². The summed E-state index contributed by atoms with van der Waals surface area (Å²) in [7, 11) is 0.